The SMILES string of the molecule is COc1c(C)cc(Cl)cc1C(=O)CC(C)(C)C. The summed E-state index contributed by atoms with van der Waals surface area (Å²) in [5.41, 5.74) is 1.42. The number of Topliss-reactive ketones (excluding diaryl/α,β-unsaturated/α-hetero) is 1. The molecule has 0 heterocycles. The van der Waals surface area contributed by atoms with Crippen LogP contribution in [0.3, 0.4) is 0 Å². The molecule has 0 saturated heterocycles. The average molecular weight is 255 g/mol. The van der Waals surface area contributed by atoms with E-state index in [-0.39, 0.29) is 11.2 Å². The quantitative estimate of drug-likeness (QED) is 0.753. The molecule has 0 amide bonds. The molecule has 0 unspecified atom stereocenters. The number of rotatable bonds is 3. The lowest BCUT2D eigenvalue weighted by molar-refractivity contribution is 0.0936. The maximum atomic E-state index is 12.2. The van der Waals surface area contributed by atoms with Gasteiger partial charge < -0.3 is 4.74 Å². The molecule has 0 radical (unpaired) electrons. The molecule has 0 N–H and O–H groups in total. The maximum Gasteiger partial charge on any atom is 0.167 e. The van der Waals surface area contributed by atoms with Gasteiger partial charge in [0.25, 0.3) is 0 Å². The Bertz CT molecular complexity index is 431. The molecular formula is C14H19ClO2. The molecule has 0 aromatic heterocycles. The zero-order valence-corrected chi connectivity index (χ0v) is 11.8. The molecule has 3 heteroatoms. The monoisotopic (exact) mass is 254 g/mol. The Morgan fingerprint density at radius 2 is 1.94 bits per heavy atom. The third-order valence-electron chi connectivity index (χ3n) is 2.43. The summed E-state index contributed by atoms with van der Waals surface area (Å²) in [6.45, 7) is 8.00. The largest absolute Gasteiger partial charge is 0.496 e. The number of carbonyl (C=O) groups is 1. The Labute approximate surface area is 108 Å². The first kappa shape index (κ1) is 14.0. The minimum absolute atomic E-state index is 0.0433. The van der Waals surface area contributed by atoms with Crippen molar-refractivity contribution in [2.75, 3.05) is 7.11 Å². The van der Waals surface area contributed by atoms with E-state index in [1.807, 2.05) is 27.7 Å². The predicted octanol–water partition coefficient (Wildman–Crippen LogP) is 4.28. The van der Waals surface area contributed by atoms with Crippen LogP contribution in [0.1, 0.15) is 43.1 Å². The van der Waals surface area contributed by atoms with Crippen molar-refractivity contribution in [2.24, 2.45) is 5.41 Å². The number of ketones is 1. The van der Waals surface area contributed by atoms with Crippen molar-refractivity contribution in [3.8, 4) is 5.75 Å². The van der Waals surface area contributed by atoms with Crippen LogP contribution >= 0.6 is 11.6 Å². The van der Waals surface area contributed by atoms with E-state index < -0.39 is 0 Å². The second-order valence-corrected chi connectivity index (χ2v) is 5.90. The van der Waals surface area contributed by atoms with Crippen LogP contribution in [-0.4, -0.2) is 12.9 Å². The lowest BCUT2D eigenvalue weighted by atomic mass is 9.87. The summed E-state index contributed by atoms with van der Waals surface area (Å²) in [5, 5.41) is 0.570. The lowest BCUT2D eigenvalue weighted by Crippen LogP contribution is -2.14. The molecule has 0 aliphatic rings. The fraction of sp³-hybridized carbons (Fsp3) is 0.500. The van der Waals surface area contributed by atoms with E-state index in [0.29, 0.717) is 22.8 Å². The fourth-order valence-corrected chi connectivity index (χ4v) is 2.06. The summed E-state index contributed by atoms with van der Waals surface area (Å²) in [4.78, 5) is 12.2. The van der Waals surface area contributed by atoms with Crippen molar-refractivity contribution >= 4 is 17.4 Å². The third-order valence-corrected chi connectivity index (χ3v) is 2.65. The summed E-state index contributed by atoms with van der Waals surface area (Å²) in [7, 11) is 1.57. The highest BCUT2D eigenvalue weighted by Crippen LogP contribution is 2.31. The smallest absolute Gasteiger partial charge is 0.167 e. The maximum absolute atomic E-state index is 12.2. The van der Waals surface area contributed by atoms with E-state index in [2.05, 4.69) is 0 Å². The first-order chi connectivity index (χ1) is 7.74. The molecule has 1 aromatic rings. The van der Waals surface area contributed by atoms with Gasteiger partial charge in [-0.2, -0.15) is 0 Å². The molecule has 0 saturated carbocycles. The molecule has 0 bridgehead atoms. The number of methoxy groups -OCH3 is 1. The molecule has 0 fully saturated rings. The Hall–Kier alpha value is -1.02. The molecule has 1 aromatic carbocycles. The number of benzene rings is 1. The molecule has 2 nitrogen and oxygen atoms in total. The van der Waals surface area contributed by atoms with Gasteiger partial charge in [-0.05, 0) is 30.0 Å². The van der Waals surface area contributed by atoms with Gasteiger partial charge in [0.1, 0.15) is 5.75 Å². The van der Waals surface area contributed by atoms with Gasteiger partial charge in [0.2, 0.25) is 0 Å². The topological polar surface area (TPSA) is 26.3 Å². The van der Waals surface area contributed by atoms with Crippen LogP contribution in [0.4, 0.5) is 0 Å². The first-order valence-electron chi connectivity index (χ1n) is 5.62. The summed E-state index contributed by atoms with van der Waals surface area (Å²) >= 11 is 5.99. The zero-order chi connectivity index (χ0) is 13.2. The number of halogens is 1. The van der Waals surface area contributed by atoms with Gasteiger partial charge in [0.15, 0.2) is 5.78 Å². The number of aryl methyl sites for hydroxylation is 1. The van der Waals surface area contributed by atoms with Gasteiger partial charge in [0, 0.05) is 11.4 Å². The molecular weight excluding hydrogens is 236 g/mol. The highest BCUT2D eigenvalue weighted by molar-refractivity contribution is 6.31. The van der Waals surface area contributed by atoms with E-state index in [1.165, 1.54) is 0 Å². The predicted molar refractivity (Wildman–Crippen MR) is 71.1 cm³/mol. The molecule has 1 rings (SSSR count). The standard InChI is InChI=1S/C14H19ClO2/c1-9-6-10(15)7-11(13(9)17-5)12(16)8-14(2,3)4/h6-7H,8H2,1-5H3. The Morgan fingerprint density at radius 1 is 1.35 bits per heavy atom. The number of hydrogen-bond acceptors (Lipinski definition) is 2. The second-order valence-electron chi connectivity index (χ2n) is 5.46. The van der Waals surface area contributed by atoms with Crippen LogP contribution in [0, 0.1) is 12.3 Å². The van der Waals surface area contributed by atoms with Gasteiger partial charge in [-0.15, -0.1) is 0 Å². The summed E-state index contributed by atoms with van der Waals surface area (Å²) in [5.74, 6) is 0.698. The highest BCUT2D eigenvalue weighted by atomic mass is 35.5. The molecule has 0 aliphatic carbocycles. The van der Waals surface area contributed by atoms with E-state index in [4.69, 9.17) is 16.3 Å². The van der Waals surface area contributed by atoms with E-state index >= 15 is 0 Å². The van der Waals surface area contributed by atoms with Crippen LogP contribution in [0.25, 0.3) is 0 Å². The van der Waals surface area contributed by atoms with Crippen molar-refractivity contribution < 1.29 is 9.53 Å². The molecule has 0 atom stereocenters. The van der Waals surface area contributed by atoms with Gasteiger partial charge >= 0.3 is 0 Å². The Balaban J connectivity index is 3.16. The molecule has 94 valence electrons. The van der Waals surface area contributed by atoms with E-state index in [1.54, 1.807) is 19.2 Å². The fourth-order valence-electron chi connectivity index (χ4n) is 1.78. The van der Waals surface area contributed by atoms with Crippen molar-refractivity contribution in [1.29, 1.82) is 0 Å². The average Bonchev–Trinajstić information content (AvgIpc) is 2.13. The van der Waals surface area contributed by atoms with Crippen LogP contribution in [-0.2, 0) is 0 Å². The van der Waals surface area contributed by atoms with Gasteiger partial charge in [-0.25, -0.2) is 0 Å². The van der Waals surface area contributed by atoms with Crippen molar-refractivity contribution in [3.05, 3.63) is 28.3 Å². The van der Waals surface area contributed by atoms with Crippen molar-refractivity contribution in [2.45, 2.75) is 34.1 Å². The van der Waals surface area contributed by atoms with Gasteiger partial charge in [-0.3, -0.25) is 4.79 Å². The van der Waals surface area contributed by atoms with Gasteiger partial charge in [-0.1, -0.05) is 32.4 Å². The Morgan fingerprint density at radius 3 is 2.41 bits per heavy atom. The van der Waals surface area contributed by atoms with Crippen LogP contribution < -0.4 is 4.74 Å². The highest BCUT2D eigenvalue weighted by Gasteiger charge is 2.21. The minimum atomic E-state index is -0.0433. The van der Waals surface area contributed by atoms with Gasteiger partial charge in [0.05, 0.1) is 12.7 Å². The first-order valence-corrected chi connectivity index (χ1v) is 6.00. The zero-order valence-electron chi connectivity index (χ0n) is 11.1. The lowest BCUT2D eigenvalue weighted by Gasteiger charge is -2.18. The molecule has 17 heavy (non-hydrogen) atoms. The number of hydrogen-bond donors (Lipinski definition) is 0. The molecule has 0 spiro atoms. The summed E-state index contributed by atoms with van der Waals surface area (Å²) < 4.78 is 5.29. The van der Waals surface area contributed by atoms with Crippen molar-refractivity contribution in [3.63, 3.8) is 0 Å². The van der Waals surface area contributed by atoms with E-state index in [9.17, 15) is 4.79 Å². The minimum Gasteiger partial charge on any atom is -0.496 e. The van der Waals surface area contributed by atoms with Crippen LogP contribution in [0.15, 0.2) is 12.1 Å². The van der Waals surface area contributed by atoms with Crippen molar-refractivity contribution in [1.82, 2.24) is 0 Å². The summed E-state index contributed by atoms with van der Waals surface area (Å²) in [6, 6.07) is 3.48. The van der Waals surface area contributed by atoms with Crippen LogP contribution in [0.5, 0.6) is 5.75 Å². The normalized spacial score (nSPS) is 11.4. The number of ether oxygens (including phenoxy) is 1. The third kappa shape index (κ3) is 3.74. The Kier molecular flexibility index (Phi) is 4.21. The summed E-state index contributed by atoms with van der Waals surface area (Å²) in [6.07, 6.45) is 0.475. The van der Waals surface area contributed by atoms with Crippen LogP contribution in [0.2, 0.25) is 5.02 Å². The second kappa shape index (κ2) is 5.09. The molecule has 0 aliphatic heterocycles. The van der Waals surface area contributed by atoms with E-state index in [0.717, 1.165) is 5.56 Å². The number of carbonyl (C=O) groups excluding carboxylic acids is 1.